The van der Waals surface area contributed by atoms with E-state index in [1.165, 1.54) is 65.3 Å². The lowest BCUT2D eigenvalue weighted by Crippen LogP contribution is -1.96. The Kier molecular flexibility index (Phi) is 3.09. The van der Waals surface area contributed by atoms with Gasteiger partial charge in [0.1, 0.15) is 5.75 Å². The summed E-state index contributed by atoms with van der Waals surface area (Å²) in [5, 5.41) is 10.6. The summed E-state index contributed by atoms with van der Waals surface area (Å²) < 4.78 is 17.4. The first-order chi connectivity index (χ1) is 14.2. The molecule has 7 rings (SSSR count). The smallest absolute Gasteiger partial charge is 0.120 e. The summed E-state index contributed by atoms with van der Waals surface area (Å²) in [5.41, 5.74) is 5.09. The van der Waals surface area contributed by atoms with Crippen LogP contribution in [0.1, 0.15) is 22.3 Å². The fourth-order valence-electron chi connectivity index (χ4n) is 5.44. The van der Waals surface area contributed by atoms with Gasteiger partial charge in [0.15, 0.2) is 0 Å². The van der Waals surface area contributed by atoms with E-state index in [-0.39, 0.29) is 0 Å². The number of rotatable bonds is 1. The minimum atomic E-state index is 0.642. The van der Waals surface area contributed by atoms with Gasteiger partial charge in [-0.1, -0.05) is 11.6 Å². The van der Waals surface area contributed by atoms with Gasteiger partial charge in [0.05, 0.1) is 33.5 Å². The van der Waals surface area contributed by atoms with Crippen molar-refractivity contribution in [1.29, 1.82) is 0 Å². The van der Waals surface area contributed by atoms with Crippen molar-refractivity contribution in [2.45, 2.75) is 26.4 Å². The average Bonchev–Trinajstić information content (AvgIpc) is 3.37. The summed E-state index contributed by atoms with van der Waals surface area (Å²) in [5.74, 6) is 0.874. The van der Waals surface area contributed by atoms with Crippen molar-refractivity contribution in [1.82, 2.24) is 0 Å². The second-order valence-corrected chi connectivity index (χ2v) is 8.53. The Labute approximate surface area is 172 Å². The summed E-state index contributed by atoms with van der Waals surface area (Å²) in [7, 11) is 1.73. The zero-order chi connectivity index (χ0) is 19.3. The molecule has 0 amide bonds. The Hall–Kier alpha value is -2.59. The molecule has 0 saturated carbocycles. The molecule has 0 fully saturated rings. The minimum Gasteiger partial charge on any atom is -0.497 e. The topological polar surface area (TPSA) is 27.7 Å². The van der Waals surface area contributed by atoms with Crippen molar-refractivity contribution in [3.8, 4) is 5.75 Å². The molecule has 0 radical (unpaired) electrons. The first kappa shape index (κ1) is 16.2. The standard InChI is InChI=1S/C25H17ClO3/c1-27-17-5-13-3-15-9-29-10-20(15)24-18-6-16(26)4-12-2-14-8-28-11-21(14)25(22(12)18)19(7-17)23(13)24/h2-7H,8-11H2,1H3. The highest BCUT2D eigenvalue weighted by atomic mass is 35.5. The maximum atomic E-state index is 6.61. The SMILES string of the molecule is COc1cc2cc3c(c4c5cc(Cl)cc6cc7c(c(c(c1)c24)c65)COC7)COC3. The maximum Gasteiger partial charge on any atom is 0.120 e. The van der Waals surface area contributed by atoms with Crippen molar-refractivity contribution in [3.05, 3.63) is 63.7 Å². The number of benzene rings is 5. The van der Waals surface area contributed by atoms with Crippen molar-refractivity contribution in [3.63, 3.8) is 0 Å². The Morgan fingerprint density at radius 1 is 0.690 bits per heavy atom. The zero-order valence-electron chi connectivity index (χ0n) is 15.9. The molecule has 2 aliphatic rings. The van der Waals surface area contributed by atoms with Crippen LogP contribution >= 0.6 is 11.6 Å². The fraction of sp³-hybridized carbons (Fsp3) is 0.200. The van der Waals surface area contributed by atoms with Gasteiger partial charge in [-0.25, -0.2) is 0 Å². The van der Waals surface area contributed by atoms with Crippen LogP contribution in [0.15, 0.2) is 36.4 Å². The Bertz CT molecular complexity index is 1500. The lowest BCUT2D eigenvalue weighted by atomic mass is 9.84. The molecule has 0 unspecified atom stereocenters. The number of methoxy groups -OCH3 is 1. The van der Waals surface area contributed by atoms with E-state index in [0.717, 1.165) is 10.8 Å². The van der Waals surface area contributed by atoms with E-state index < -0.39 is 0 Å². The van der Waals surface area contributed by atoms with E-state index >= 15 is 0 Å². The lowest BCUT2D eigenvalue weighted by Gasteiger charge is -2.20. The molecule has 0 bridgehead atoms. The zero-order valence-corrected chi connectivity index (χ0v) is 16.7. The molecule has 0 aromatic heterocycles. The molecular formula is C25H17ClO3. The lowest BCUT2D eigenvalue weighted by molar-refractivity contribution is 0.135. The molecule has 0 atom stereocenters. The van der Waals surface area contributed by atoms with E-state index in [9.17, 15) is 0 Å². The molecule has 5 aromatic rings. The highest BCUT2D eigenvalue weighted by molar-refractivity contribution is 6.38. The Morgan fingerprint density at radius 3 is 1.90 bits per heavy atom. The van der Waals surface area contributed by atoms with Gasteiger partial charge in [-0.2, -0.15) is 0 Å². The Balaban J connectivity index is 1.89. The number of halogens is 1. The molecule has 29 heavy (non-hydrogen) atoms. The second-order valence-electron chi connectivity index (χ2n) is 8.09. The maximum absolute atomic E-state index is 6.61. The van der Waals surface area contributed by atoms with Gasteiger partial charge in [0.2, 0.25) is 0 Å². The second kappa shape index (κ2) is 5.51. The third-order valence-electron chi connectivity index (χ3n) is 6.60. The highest BCUT2D eigenvalue weighted by Gasteiger charge is 2.26. The van der Waals surface area contributed by atoms with Crippen LogP contribution < -0.4 is 4.74 Å². The van der Waals surface area contributed by atoms with Crippen LogP contribution in [-0.4, -0.2) is 7.11 Å². The molecule has 142 valence electrons. The molecule has 0 N–H and O–H groups in total. The van der Waals surface area contributed by atoms with Gasteiger partial charge >= 0.3 is 0 Å². The van der Waals surface area contributed by atoms with E-state index in [1.807, 2.05) is 0 Å². The van der Waals surface area contributed by atoms with Crippen molar-refractivity contribution in [2.24, 2.45) is 0 Å². The van der Waals surface area contributed by atoms with E-state index in [0.29, 0.717) is 26.4 Å². The number of hydrogen-bond acceptors (Lipinski definition) is 3. The Morgan fingerprint density at radius 2 is 1.28 bits per heavy atom. The monoisotopic (exact) mass is 400 g/mol. The fourth-order valence-corrected chi connectivity index (χ4v) is 5.67. The van der Waals surface area contributed by atoms with Crippen LogP contribution in [0.2, 0.25) is 5.02 Å². The number of ether oxygens (including phenoxy) is 3. The van der Waals surface area contributed by atoms with Crippen molar-refractivity contribution >= 4 is 54.7 Å². The van der Waals surface area contributed by atoms with Crippen molar-refractivity contribution < 1.29 is 14.2 Å². The normalized spacial score (nSPS) is 15.8. The first-order valence-electron chi connectivity index (χ1n) is 9.83. The van der Waals surface area contributed by atoms with Gasteiger partial charge in [-0.15, -0.1) is 0 Å². The third kappa shape index (κ3) is 2.00. The van der Waals surface area contributed by atoms with Crippen LogP contribution in [0.3, 0.4) is 0 Å². The summed E-state index contributed by atoms with van der Waals surface area (Å²) in [6.45, 7) is 2.59. The quantitative estimate of drug-likeness (QED) is 0.239. The molecule has 2 aliphatic heterocycles. The van der Waals surface area contributed by atoms with Gasteiger partial charge in [-0.05, 0) is 102 Å². The largest absolute Gasteiger partial charge is 0.497 e. The predicted molar refractivity (Wildman–Crippen MR) is 116 cm³/mol. The van der Waals surface area contributed by atoms with E-state index in [4.69, 9.17) is 25.8 Å². The van der Waals surface area contributed by atoms with Crippen LogP contribution in [-0.2, 0) is 35.9 Å². The van der Waals surface area contributed by atoms with Gasteiger partial charge in [-0.3, -0.25) is 0 Å². The molecule has 0 spiro atoms. The minimum absolute atomic E-state index is 0.642. The van der Waals surface area contributed by atoms with E-state index in [1.54, 1.807) is 7.11 Å². The molecule has 3 nitrogen and oxygen atoms in total. The molecule has 5 aromatic carbocycles. The van der Waals surface area contributed by atoms with Crippen LogP contribution in [0.5, 0.6) is 5.75 Å². The van der Waals surface area contributed by atoms with Gasteiger partial charge in [0.25, 0.3) is 0 Å². The highest BCUT2D eigenvalue weighted by Crippen LogP contribution is 2.48. The summed E-state index contributed by atoms with van der Waals surface area (Å²) in [6.07, 6.45) is 0. The first-order valence-corrected chi connectivity index (χ1v) is 10.2. The summed E-state index contributed by atoms with van der Waals surface area (Å²) in [6, 6.07) is 13.0. The molecule has 0 saturated heterocycles. The molecular weight excluding hydrogens is 384 g/mol. The van der Waals surface area contributed by atoms with Crippen molar-refractivity contribution in [2.75, 3.05) is 7.11 Å². The van der Waals surface area contributed by atoms with Crippen LogP contribution in [0, 0.1) is 0 Å². The number of hydrogen-bond donors (Lipinski definition) is 0. The van der Waals surface area contributed by atoms with Gasteiger partial charge < -0.3 is 14.2 Å². The molecule has 0 aliphatic carbocycles. The van der Waals surface area contributed by atoms with E-state index in [2.05, 4.69) is 36.4 Å². The summed E-state index contributed by atoms with van der Waals surface area (Å²) >= 11 is 6.61. The van der Waals surface area contributed by atoms with Gasteiger partial charge in [0, 0.05) is 5.02 Å². The predicted octanol–water partition coefficient (Wildman–Crippen LogP) is 6.46. The average molecular weight is 401 g/mol. The summed E-state index contributed by atoms with van der Waals surface area (Å²) in [4.78, 5) is 0. The van der Waals surface area contributed by atoms with Crippen LogP contribution in [0.25, 0.3) is 43.1 Å². The van der Waals surface area contributed by atoms with Crippen LogP contribution in [0.4, 0.5) is 0 Å². The molecule has 4 heteroatoms. The molecule has 2 heterocycles. The number of fused-ring (bicyclic) bond motifs is 6. The third-order valence-corrected chi connectivity index (χ3v) is 6.81.